The molecular weight excluding hydrogens is 256 g/mol. The second-order valence-electron chi connectivity index (χ2n) is 6.21. The Bertz CT molecular complexity index is 475. The largest absolute Gasteiger partial charge is 0.495 e. The molecule has 0 spiro atoms. The van der Waals surface area contributed by atoms with Crippen molar-refractivity contribution in [1.29, 1.82) is 0 Å². The monoisotopic (exact) mass is 279 g/mol. The van der Waals surface area contributed by atoms with Crippen molar-refractivity contribution < 1.29 is 13.7 Å². The van der Waals surface area contributed by atoms with Crippen LogP contribution in [0.3, 0.4) is 0 Å². The van der Waals surface area contributed by atoms with Crippen LogP contribution < -0.4 is 10.8 Å². The molecule has 5 heteroatoms. The summed E-state index contributed by atoms with van der Waals surface area (Å²) in [6, 6.07) is 4.77. The Balaban J connectivity index is 2.31. The standard InChI is InChI=1S/C15H23BFNO2/c1-6-18-10-11-7-8-12(17)9-13(11)16-19-14(2,3)15(4,5)20-16/h7-9,18H,6,10H2,1-5H3. The van der Waals surface area contributed by atoms with E-state index in [1.165, 1.54) is 12.1 Å². The fourth-order valence-corrected chi connectivity index (χ4v) is 2.18. The average Bonchev–Trinajstić information content (AvgIpc) is 2.57. The fourth-order valence-electron chi connectivity index (χ4n) is 2.18. The minimum Gasteiger partial charge on any atom is -0.399 e. The van der Waals surface area contributed by atoms with Crippen LogP contribution in [0.1, 0.15) is 40.2 Å². The quantitative estimate of drug-likeness (QED) is 0.857. The van der Waals surface area contributed by atoms with Crippen molar-refractivity contribution in [3.05, 3.63) is 29.6 Å². The molecule has 0 radical (unpaired) electrons. The van der Waals surface area contributed by atoms with Gasteiger partial charge in [0.1, 0.15) is 5.82 Å². The minimum atomic E-state index is -0.524. The number of hydrogen-bond donors (Lipinski definition) is 1. The lowest BCUT2D eigenvalue weighted by Gasteiger charge is -2.32. The van der Waals surface area contributed by atoms with E-state index in [0.29, 0.717) is 6.54 Å². The van der Waals surface area contributed by atoms with Gasteiger partial charge in [0, 0.05) is 6.54 Å². The van der Waals surface area contributed by atoms with Crippen LogP contribution in [-0.2, 0) is 15.9 Å². The van der Waals surface area contributed by atoms with Crippen LogP contribution in [0.25, 0.3) is 0 Å². The van der Waals surface area contributed by atoms with Gasteiger partial charge in [-0.25, -0.2) is 4.39 Å². The second kappa shape index (κ2) is 5.47. The van der Waals surface area contributed by atoms with E-state index in [-0.39, 0.29) is 5.82 Å². The van der Waals surface area contributed by atoms with Gasteiger partial charge in [-0.05, 0) is 57.4 Å². The molecule has 1 aliphatic heterocycles. The molecule has 0 atom stereocenters. The lowest BCUT2D eigenvalue weighted by molar-refractivity contribution is 0.00578. The molecule has 2 rings (SSSR count). The topological polar surface area (TPSA) is 30.5 Å². The highest BCUT2D eigenvalue weighted by atomic mass is 19.1. The lowest BCUT2D eigenvalue weighted by atomic mass is 9.76. The molecule has 0 aliphatic carbocycles. The Morgan fingerprint density at radius 3 is 2.30 bits per heavy atom. The van der Waals surface area contributed by atoms with E-state index in [9.17, 15) is 4.39 Å². The zero-order chi connectivity index (χ0) is 15.0. The highest BCUT2D eigenvalue weighted by Gasteiger charge is 2.52. The molecule has 0 unspecified atom stereocenters. The molecule has 1 heterocycles. The Kier molecular flexibility index (Phi) is 4.23. The van der Waals surface area contributed by atoms with Gasteiger partial charge < -0.3 is 14.6 Å². The van der Waals surface area contributed by atoms with Crippen LogP contribution in [0.15, 0.2) is 18.2 Å². The average molecular weight is 279 g/mol. The highest BCUT2D eigenvalue weighted by Crippen LogP contribution is 2.36. The molecule has 110 valence electrons. The first kappa shape index (κ1) is 15.5. The smallest absolute Gasteiger partial charge is 0.399 e. The number of nitrogens with one attached hydrogen (secondary N) is 1. The number of hydrogen-bond acceptors (Lipinski definition) is 3. The second-order valence-corrected chi connectivity index (χ2v) is 6.21. The zero-order valence-electron chi connectivity index (χ0n) is 12.9. The van der Waals surface area contributed by atoms with Crippen molar-refractivity contribution in [2.24, 2.45) is 0 Å². The van der Waals surface area contributed by atoms with Gasteiger partial charge in [0.05, 0.1) is 11.2 Å². The van der Waals surface area contributed by atoms with Gasteiger partial charge in [-0.1, -0.05) is 13.0 Å². The van der Waals surface area contributed by atoms with E-state index in [1.54, 1.807) is 6.07 Å². The Morgan fingerprint density at radius 1 is 1.15 bits per heavy atom. The van der Waals surface area contributed by atoms with Crippen LogP contribution in [0, 0.1) is 5.82 Å². The van der Waals surface area contributed by atoms with Crippen molar-refractivity contribution in [3.63, 3.8) is 0 Å². The van der Waals surface area contributed by atoms with E-state index in [2.05, 4.69) is 5.32 Å². The summed E-state index contributed by atoms with van der Waals surface area (Å²) in [5.41, 5.74) is 0.940. The van der Waals surface area contributed by atoms with Gasteiger partial charge >= 0.3 is 7.12 Å². The first-order valence-electron chi connectivity index (χ1n) is 7.11. The van der Waals surface area contributed by atoms with E-state index < -0.39 is 18.3 Å². The molecule has 20 heavy (non-hydrogen) atoms. The predicted octanol–water partition coefficient (Wildman–Crippen LogP) is 2.23. The maximum atomic E-state index is 13.6. The summed E-state index contributed by atoms with van der Waals surface area (Å²) < 4.78 is 25.6. The summed E-state index contributed by atoms with van der Waals surface area (Å²) in [6.07, 6.45) is 0. The maximum absolute atomic E-state index is 13.6. The number of rotatable bonds is 4. The molecule has 1 fully saturated rings. The predicted molar refractivity (Wildman–Crippen MR) is 79.5 cm³/mol. The molecule has 1 aromatic carbocycles. The first-order valence-corrected chi connectivity index (χ1v) is 7.11. The first-order chi connectivity index (χ1) is 9.27. The third-order valence-electron chi connectivity index (χ3n) is 4.18. The molecule has 1 aromatic rings. The minimum absolute atomic E-state index is 0.269. The van der Waals surface area contributed by atoms with Crippen LogP contribution in [0.5, 0.6) is 0 Å². The van der Waals surface area contributed by atoms with Crippen LogP contribution in [0.4, 0.5) is 4.39 Å². The molecule has 0 bridgehead atoms. The van der Waals surface area contributed by atoms with Crippen molar-refractivity contribution in [3.8, 4) is 0 Å². The van der Waals surface area contributed by atoms with E-state index >= 15 is 0 Å². The van der Waals surface area contributed by atoms with Crippen molar-refractivity contribution >= 4 is 12.6 Å². The number of halogens is 1. The van der Waals surface area contributed by atoms with E-state index in [4.69, 9.17) is 9.31 Å². The zero-order valence-corrected chi connectivity index (χ0v) is 12.9. The lowest BCUT2D eigenvalue weighted by Crippen LogP contribution is -2.41. The normalized spacial score (nSPS) is 20.4. The molecule has 3 nitrogen and oxygen atoms in total. The van der Waals surface area contributed by atoms with Crippen LogP contribution >= 0.6 is 0 Å². The summed E-state index contributed by atoms with van der Waals surface area (Å²) >= 11 is 0. The van der Waals surface area contributed by atoms with Crippen LogP contribution in [-0.4, -0.2) is 24.9 Å². The Hall–Kier alpha value is -0.905. The third kappa shape index (κ3) is 2.90. The summed E-state index contributed by atoms with van der Waals surface area (Å²) in [4.78, 5) is 0. The van der Waals surface area contributed by atoms with Gasteiger partial charge in [-0.15, -0.1) is 0 Å². The van der Waals surface area contributed by atoms with E-state index in [0.717, 1.165) is 17.6 Å². The third-order valence-corrected chi connectivity index (χ3v) is 4.18. The maximum Gasteiger partial charge on any atom is 0.495 e. The number of benzene rings is 1. The van der Waals surface area contributed by atoms with Gasteiger partial charge in [0.2, 0.25) is 0 Å². The van der Waals surface area contributed by atoms with Crippen molar-refractivity contribution in [2.75, 3.05) is 6.54 Å². The van der Waals surface area contributed by atoms with Gasteiger partial charge in [-0.3, -0.25) is 0 Å². The highest BCUT2D eigenvalue weighted by molar-refractivity contribution is 6.62. The van der Waals surface area contributed by atoms with Gasteiger partial charge in [0.15, 0.2) is 0 Å². The molecule has 0 amide bonds. The molecule has 0 saturated carbocycles. The van der Waals surface area contributed by atoms with Crippen LogP contribution in [0.2, 0.25) is 0 Å². The van der Waals surface area contributed by atoms with Crippen molar-refractivity contribution in [2.45, 2.75) is 52.4 Å². The summed E-state index contributed by atoms with van der Waals surface area (Å²) in [5, 5.41) is 3.26. The summed E-state index contributed by atoms with van der Waals surface area (Å²) in [5.74, 6) is -0.269. The molecule has 0 aromatic heterocycles. The van der Waals surface area contributed by atoms with Gasteiger partial charge in [-0.2, -0.15) is 0 Å². The molecular formula is C15H23BFNO2. The molecule has 1 saturated heterocycles. The summed E-state index contributed by atoms with van der Waals surface area (Å²) in [6.45, 7) is 11.6. The van der Waals surface area contributed by atoms with E-state index in [1.807, 2.05) is 34.6 Å². The molecule has 1 N–H and O–H groups in total. The summed E-state index contributed by atoms with van der Waals surface area (Å²) in [7, 11) is -0.524. The Labute approximate surface area is 121 Å². The fraction of sp³-hybridized carbons (Fsp3) is 0.600. The van der Waals surface area contributed by atoms with Gasteiger partial charge in [0.25, 0.3) is 0 Å². The Morgan fingerprint density at radius 2 is 1.75 bits per heavy atom. The molecule has 1 aliphatic rings. The SMILES string of the molecule is CCNCc1ccc(F)cc1B1OC(C)(C)C(C)(C)O1. The van der Waals surface area contributed by atoms with Crippen molar-refractivity contribution in [1.82, 2.24) is 5.32 Å².